The molecular formula is C4H11BiO2. The molecule has 0 heterocycles. The average Bonchev–Trinajstić information content (AvgIpc) is 1.35. The maximum absolute atomic E-state index is 9.82. The van der Waals surface area contributed by atoms with Crippen molar-refractivity contribution in [3.05, 3.63) is 0 Å². The molecule has 0 aliphatic carbocycles. The summed E-state index contributed by atoms with van der Waals surface area (Å²) in [5, 5.41) is 0. The minimum atomic E-state index is -0.211. The molecule has 0 spiro atoms. The fourth-order valence-electron chi connectivity index (χ4n) is 0.203. The second-order valence-corrected chi connectivity index (χ2v) is 0.925. The molecule has 0 bridgehead atoms. The Hall–Kier alpha value is 0.353. The summed E-state index contributed by atoms with van der Waals surface area (Å²) in [6.07, 6.45) is 0. The van der Waals surface area contributed by atoms with Gasteiger partial charge in [-0.15, -0.1) is 0 Å². The molecule has 0 unspecified atom stereocenters. The van der Waals surface area contributed by atoms with Gasteiger partial charge in [0, 0.05) is 6.92 Å². The third-order valence-corrected chi connectivity index (χ3v) is 0.348. The summed E-state index contributed by atoms with van der Waals surface area (Å²) in [5.74, 6) is -0.211. The minimum absolute atomic E-state index is 0. The van der Waals surface area contributed by atoms with Gasteiger partial charge in [0.1, 0.15) is 0 Å². The van der Waals surface area contributed by atoms with Crippen LogP contribution < -0.4 is 0 Å². The average molecular weight is 300 g/mol. The molecule has 0 amide bonds. The van der Waals surface area contributed by atoms with Crippen molar-refractivity contribution in [3.63, 3.8) is 0 Å². The van der Waals surface area contributed by atoms with Gasteiger partial charge in [-0.2, -0.15) is 0 Å². The summed E-state index contributed by atoms with van der Waals surface area (Å²) in [7, 11) is 0. The van der Waals surface area contributed by atoms with Gasteiger partial charge in [0.15, 0.2) is 0 Å². The molecule has 2 nitrogen and oxygen atoms in total. The molecule has 0 fully saturated rings. The Balaban J connectivity index is 0. The molecule has 3 heteroatoms. The van der Waals surface area contributed by atoms with Crippen LogP contribution in [-0.4, -0.2) is 38.8 Å². The fourth-order valence-corrected chi connectivity index (χ4v) is 0.203. The summed E-state index contributed by atoms with van der Waals surface area (Å²) in [6.45, 7) is 3.65. The number of hydrogen-bond donors (Lipinski definition) is 0. The van der Waals surface area contributed by atoms with Gasteiger partial charge in [-0.1, -0.05) is 0 Å². The zero-order chi connectivity index (χ0) is 4.99. The molecule has 44 valence electrons. The number of esters is 1. The monoisotopic (exact) mass is 300 g/mol. The van der Waals surface area contributed by atoms with Gasteiger partial charge in [0.2, 0.25) is 0 Å². The van der Waals surface area contributed by atoms with Gasteiger partial charge in [0.05, 0.1) is 6.61 Å². The zero-order valence-electron chi connectivity index (χ0n) is 4.73. The molecular weight excluding hydrogens is 289 g/mol. The third-order valence-electron chi connectivity index (χ3n) is 0.348. The Morgan fingerprint density at radius 2 is 2.14 bits per heavy atom. The first-order valence-electron chi connectivity index (χ1n) is 1.90. The predicted octanol–water partition coefficient (Wildman–Crippen LogP) is -0.615. The van der Waals surface area contributed by atoms with E-state index in [9.17, 15) is 4.79 Å². The summed E-state index contributed by atoms with van der Waals surface area (Å²) < 4.78 is 4.40. The summed E-state index contributed by atoms with van der Waals surface area (Å²) in [6, 6.07) is 0. The van der Waals surface area contributed by atoms with E-state index in [0.29, 0.717) is 6.61 Å². The van der Waals surface area contributed by atoms with Crippen LogP contribution in [0.25, 0.3) is 0 Å². The molecule has 0 saturated carbocycles. The number of rotatable bonds is 1. The number of ether oxygens (including phenoxy) is 1. The van der Waals surface area contributed by atoms with Gasteiger partial charge in [-0.25, -0.2) is 0 Å². The van der Waals surface area contributed by atoms with Gasteiger partial charge in [-0.05, 0) is 6.92 Å². The van der Waals surface area contributed by atoms with Crippen molar-refractivity contribution in [3.8, 4) is 0 Å². The van der Waals surface area contributed by atoms with E-state index < -0.39 is 0 Å². The van der Waals surface area contributed by atoms with E-state index >= 15 is 0 Å². The van der Waals surface area contributed by atoms with Crippen LogP contribution in [0.15, 0.2) is 0 Å². The first-order chi connectivity index (χ1) is 2.77. The predicted molar refractivity (Wildman–Crippen MR) is 32.2 cm³/mol. The second-order valence-electron chi connectivity index (χ2n) is 0.925. The normalized spacial score (nSPS) is 6.57. The Morgan fingerprint density at radius 1 is 1.71 bits per heavy atom. The van der Waals surface area contributed by atoms with E-state index in [1.54, 1.807) is 6.92 Å². The van der Waals surface area contributed by atoms with Gasteiger partial charge >= 0.3 is 32.2 Å². The Kier molecular flexibility index (Phi) is 9.40. The van der Waals surface area contributed by atoms with Crippen molar-refractivity contribution >= 4 is 32.2 Å². The van der Waals surface area contributed by atoms with Crippen LogP contribution in [0.3, 0.4) is 0 Å². The standard InChI is InChI=1S/C4H8O2.Bi.3H/c1-3-6-4(2)5;;;;/h3H2,1-2H3;;;;. The van der Waals surface area contributed by atoms with E-state index in [2.05, 4.69) is 4.74 Å². The Bertz CT molecular complexity index is 53.7. The molecule has 0 aliphatic heterocycles. The van der Waals surface area contributed by atoms with Crippen molar-refractivity contribution in [1.82, 2.24) is 0 Å². The summed E-state index contributed by atoms with van der Waals surface area (Å²) >= 11 is 0. The molecule has 0 N–H and O–H groups in total. The molecule has 0 aliphatic rings. The van der Waals surface area contributed by atoms with Crippen LogP contribution in [-0.2, 0) is 9.53 Å². The molecule has 0 atom stereocenters. The van der Waals surface area contributed by atoms with Gasteiger partial charge < -0.3 is 4.74 Å². The number of hydrogen-bond acceptors (Lipinski definition) is 2. The van der Waals surface area contributed by atoms with Crippen LogP contribution in [0.4, 0.5) is 0 Å². The SMILES string of the molecule is CCOC(C)=O.[BiH3]. The van der Waals surface area contributed by atoms with E-state index in [0.717, 1.165) is 0 Å². The third kappa shape index (κ3) is 10.7. The van der Waals surface area contributed by atoms with E-state index in [-0.39, 0.29) is 32.2 Å². The first kappa shape index (κ1) is 10.4. The molecule has 0 radical (unpaired) electrons. The Morgan fingerprint density at radius 3 is 2.14 bits per heavy atom. The molecule has 0 saturated heterocycles. The van der Waals surface area contributed by atoms with E-state index in [1.165, 1.54) is 6.92 Å². The van der Waals surface area contributed by atoms with Crippen molar-refractivity contribution < 1.29 is 9.53 Å². The summed E-state index contributed by atoms with van der Waals surface area (Å²) in [4.78, 5) is 9.82. The Labute approximate surface area is 62.4 Å². The summed E-state index contributed by atoms with van der Waals surface area (Å²) in [5.41, 5.74) is 0. The van der Waals surface area contributed by atoms with Crippen LogP contribution in [0.2, 0.25) is 0 Å². The van der Waals surface area contributed by atoms with Crippen LogP contribution >= 0.6 is 0 Å². The van der Waals surface area contributed by atoms with Crippen molar-refractivity contribution in [2.45, 2.75) is 13.8 Å². The second kappa shape index (κ2) is 6.35. The maximum atomic E-state index is 9.82. The van der Waals surface area contributed by atoms with Gasteiger partial charge in [-0.3, -0.25) is 4.79 Å². The molecule has 0 aromatic rings. The van der Waals surface area contributed by atoms with Crippen molar-refractivity contribution in [2.24, 2.45) is 0 Å². The molecule has 7 heavy (non-hydrogen) atoms. The van der Waals surface area contributed by atoms with Crippen LogP contribution in [0, 0.1) is 0 Å². The van der Waals surface area contributed by atoms with Gasteiger partial charge in [0.25, 0.3) is 0 Å². The topological polar surface area (TPSA) is 26.3 Å². The number of carbonyl (C=O) groups excluding carboxylic acids is 1. The zero-order valence-corrected chi connectivity index (χ0v) is 10.2. The molecule has 0 rings (SSSR count). The van der Waals surface area contributed by atoms with Crippen molar-refractivity contribution in [2.75, 3.05) is 6.61 Å². The molecule has 0 aromatic carbocycles. The van der Waals surface area contributed by atoms with Crippen molar-refractivity contribution in [1.29, 1.82) is 0 Å². The van der Waals surface area contributed by atoms with Crippen LogP contribution in [0.5, 0.6) is 0 Å². The fraction of sp³-hybridized carbons (Fsp3) is 0.750. The van der Waals surface area contributed by atoms with E-state index in [4.69, 9.17) is 0 Å². The number of carbonyl (C=O) groups is 1. The van der Waals surface area contributed by atoms with Crippen LogP contribution in [0.1, 0.15) is 13.8 Å². The first-order valence-corrected chi connectivity index (χ1v) is 1.90. The molecule has 0 aromatic heterocycles. The van der Waals surface area contributed by atoms with E-state index in [1.807, 2.05) is 0 Å². The quantitative estimate of drug-likeness (QED) is 0.477.